The van der Waals surface area contributed by atoms with Crippen LogP contribution in [0.25, 0.3) is 0 Å². The van der Waals surface area contributed by atoms with Gasteiger partial charge in [0.25, 0.3) is 0 Å². The van der Waals surface area contributed by atoms with Gasteiger partial charge in [0, 0.05) is 25.7 Å². The van der Waals surface area contributed by atoms with Gasteiger partial charge in [-0.3, -0.25) is 0 Å². The second-order valence-corrected chi connectivity index (χ2v) is 7.85. The Balaban J connectivity index is 1.58. The maximum absolute atomic E-state index is 6.36. The van der Waals surface area contributed by atoms with Crippen molar-refractivity contribution in [1.29, 1.82) is 0 Å². The topological polar surface area (TPSA) is 29.3 Å². The van der Waals surface area contributed by atoms with Crippen molar-refractivity contribution < 1.29 is 0 Å². The summed E-state index contributed by atoms with van der Waals surface area (Å²) in [7, 11) is 0. The van der Waals surface area contributed by atoms with E-state index in [2.05, 4.69) is 36.9 Å². The Labute approximate surface area is 136 Å². The first kappa shape index (κ1) is 16.0. The van der Waals surface area contributed by atoms with Crippen molar-refractivity contribution in [1.82, 2.24) is 4.90 Å². The van der Waals surface area contributed by atoms with E-state index in [1.54, 1.807) is 0 Å². The number of piperidine rings is 1. The van der Waals surface area contributed by atoms with Crippen LogP contribution in [0.15, 0.2) is 18.2 Å². The van der Waals surface area contributed by atoms with Crippen LogP contribution in [0.4, 0.5) is 0 Å². The summed E-state index contributed by atoms with van der Waals surface area (Å²) in [6, 6.07) is 7.32. The van der Waals surface area contributed by atoms with Crippen molar-refractivity contribution in [3.05, 3.63) is 34.9 Å². The molecule has 1 saturated carbocycles. The van der Waals surface area contributed by atoms with Crippen molar-refractivity contribution in [2.75, 3.05) is 19.6 Å². The minimum Gasteiger partial charge on any atom is -0.327 e. The zero-order chi connectivity index (χ0) is 15.5. The largest absolute Gasteiger partial charge is 0.327 e. The van der Waals surface area contributed by atoms with Crippen LogP contribution in [-0.4, -0.2) is 30.6 Å². The maximum Gasteiger partial charge on any atom is 0.0171 e. The number of nitrogens with zero attached hydrogens (tertiary/aromatic N) is 1. The third-order valence-corrected chi connectivity index (χ3v) is 5.73. The van der Waals surface area contributed by atoms with Gasteiger partial charge >= 0.3 is 0 Å². The predicted octanol–water partition coefficient (Wildman–Crippen LogP) is 3.69. The molecule has 122 valence electrons. The third-order valence-electron chi connectivity index (χ3n) is 5.73. The van der Waals surface area contributed by atoms with Crippen LogP contribution in [0, 0.1) is 25.7 Å². The Morgan fingerprint density at radius 3 is 2.55 bits per heavy atom. The molecule has 1 saturated heterocycles. The van der Waals surface area contributed by atoms with Gasteiger partial charge in [-0.05, 0) is 68.1 Å². The lowest BCUT2D eigenvalue weighted by Crippen LogP contribution is -2.48. The van der Waals surface area contributed by atoms with Gasteiger partial charge in [-0.15, -0.1) is 0 Å². The summed E-state index contributed by atoms with van der Waals surface area (Å²) in [5.41, 5.74) is 10.7. The normalized spacial score (nSPS) is 27.4. The molecule has 2 heteroatoms. The van der Waals surface area contributed by atoms with E-state index in [-0.39, 0.29) is 0 Å². The molecule has 2 aliphatic rings. The van der Waals surface area contributed by atoms with Crippen LogP contribution in [0.2, 0.25) is 0 Å². The van der Waals surface area contributed by atoms with Crippen molar-refractivity contribution in [2.24, 2.45) is 17.6 Å². The molecule has 3 rings (SSSR count). The molecule has 2 nitrogen and oxygen atoms in total. The van der Waals surface area contributed by atoms with Crippen molar-refractivity contribution >= 4 is 0 Å². The minimum atomic E-state index is 0.367. The van der Waals surface area contributed by atoms with Crippen LogP contribution in [0.3, 0.4) is 0 Å². The molecule has 22 heavy (non-hydrogen) atoms. The van der Waals surface area contributed by atoms with Gasteiger partial charge in [-0.1, -0.05) is 31.0 Å². The average Bonchev–Trinajstić information content (AvgIpc) is 2.95. The van der Waals surface area contributed by atoms with Gasteiger partial charge < -0.3 is 10.6 Å². The van der Waals surface area contributed by atoms with Gasteiger partial charge in [0.2, 0.25) is 0 Å². The monoisotopic (exact) mass is 300 g/mol. The fourth-order valence-electron chi connectivity index (χ4n) is 4.47. The minimum absolute atomic E-state index is 0.367. The van der Waals surface area contributed by atoms with Crippen LogP contribution in [0.5, 0.6) is 0 Å². The fourth-order valence-corrected chi connectivity index (χ4v) is 4.47. The zero-order valence-electron chi connectivity index (χ0n) is 14.4. The molecule has 1 aromatic carbocycles. The molecule has 2 N–H and O–H groups in total. The fraction of sp³-hybridized carbons (Fsp3) is 0.700. The molecular weight excluding hydrogens is 268 g/mol. The second kappa shape index (κ2) is 7.14. The van der Waals surface area contributed by atoms with Crippen LogP contribution < -0.4 is 5.73 Å². The summed E-state index contributed by atoms with van der Waals surface area (Å²) in [4.78, 5) is 2.66. The quantitative estimate of drug-likeness (QED) is 0.919. The van der Waals surface area contributed by atoms with Crippen LogP contribution in [-0.2, 0) is 6.42 Å². The van der Waals surface area contributed by atoms with Crippen molar-refractivity contribution in [3.8, 4) is 0 Å². The molecule has 0 spiro atoms. The summed E-state index contributed by atoms with van der Waals surface area (Å²) in [6.07, 6.45) is 8.14. The SMILES string of the molecule is Cc1ccc(CC2CC(N)CN(CC3CCCC3)C2)cc1C. The van der Waals surface area contributed by atoms with Gasteiger partial charge in [-0.25, -0.2) is 0 Å². The molecule has 0 radical (unpaired) electrons. The van der Waals surface area contributed by atoms with E-state index >= 15 is 0 Å². The van der Waals surface area contributed by atoms with E-state index in [9.17, 15) is 0 Å². The van der Waals surface area contributed by atoms with Gasteiger partial charge in [0.1, 0.15) is 0 Å². The number of aryl methyl sites for hydroxylation is 2. The molecule has 0 bridgehead atoms. The van der Waals surface area contributed by atoms with E-state index in [1.165, 1.54) is 68.3 Å². The van der Waals surface area contributed by atoms with E-state index < -0.39 is 0 Å². The summed E-state index contributed by atoms with van der Waals surface area (Å²) < 4.78 is 0. The first-order valence-corrected chi connectivity index (χ1v) is 9.14. The predicted molar refractivity (Wildman–Crippen MR) is 94.1 cm³/mol. The molecule has 2 atom stereocenters. The van der Waals surface area contributed by atoms with Crippen molar-refractivity contribution in [3.63, 3.8) is 0 Å². The molecule has 1 aromatic rings. The van der Waals surface area contributed by atoms with E-state index in [0.29, 0.717) is 6.04 Å². The lowest BCUT2D eigenvalue weighted by molar-refractivity contribution is 0.136. The Morgan fingerprint density at radius 2 is 1.82 bits per heavy atom. The third kappa shape index (κ3) is 4.11. The highest BCUT2D eigenvalue weighted by atomic mass is 15.2. The van der Waals surface area contributed by atoms with Gasteiger partial charge in [-0.2, -0.15) is 0 Å². The second-order valence-electron chi connectivity index (χ2n) is 7.85. The van der Waals surface area contributed by atoms with Crippen LogP contribution >= 0.6 is 0 Å². The van der Waals surface area contributed by atoms with E-state index in [4.69, 9.17) is 5.73 Å². The molecule has 0 amide bonds. The number of rotatable bonds is 4. The lowest BCUT2D eigenvalue weighted by atomic mass is 9.87. The highest BCUT2D eigenvalue weighted by Crippen LogP contribution is 2.28. The molecule has 1 aliphatic heterocycles. The average molecular weight is 300 g/mol. The van der Waals surface area contributed by atoms with E-state index in [1.807, 2.05) is 0 Å². The Hall–Kier alpha value is -0.860. The zero-order valence-corrected chi connectivity index (χ0v) is 14.4. The summed E-state index contributed by atoms with van der Waals surface area (Å²) >= 11 is 0. The Bertz CT molecular complexity index is 490. The number of benzene rings is 1. The Kier molecular flexibility index (Phi) is 5.20. The van der Waals surface area contributed by atoms with Crippen molar-refractivity contribution in [2.45, 2.75) is 58.4 Å². The molecule has 2 unspecified atom stereocenters. The standard InChI is InChI=1S/C20H32N2/c1-15-7-8-18(9-16(15)2)10-19-11-20(21)14-22(13-19)12-17-5-3-4-6-17/h7-9,17,19-20H,3-6,10-14,21H2,1-2H3. The smallest absolute Gasteiger partial charge is 0.0171 e. The molecule has 1 heterocycles. The number of hydrogen-bond acceptors (Lipinski definition) is 2. The van der Waals surface area contributed by atoms with E-state index in [0.717, 1.165) is 18.4 Å². The maximum atomic E-state index is 6.36. The van der Waals surface area contributed by atoms with Gasteiger partial charge in [0.05, 0.1) is 0 Å². The highest BCUT2D eigenvalue weighted by molar-refractivity contribution is 5.30. The first-order chi connectivity index (χ1) is 10.6. The molecule has 1 aliphatic carbocycles. The summed E-state index contributed by atoms with van der Waals surface area (Å²) in [6.45, 7) is 8.06. The molecule has 0 aromatic heterocycles. The molecule has 2 fully saturated rings. The summed E-state index contributed by atoms with van der Waals surface area (Å²) in [5.74, 6) is 1.67. The number of hydrogen-bond donors (Lipinski definition) is 1. The Morgan fingerprint density at radius 1 is 1.05 bits per heavy atom. The lowest BCUT2D eigenvalue weighted by Gasteiger charge is -2.37. The van der Waals surface area contributed by atoms with Crippen LogP contribution in [0.1, 0.15) is 48.8 Å². The van der Waals surface area contributed by atoms with Gasteiger partial charge in [0.15, 0.2) is 0 Å². The number of likely N-dealkylation sites (tertiary alicyclic amines) is 1. The summed E-state index contributed by atoms with van der Waals surface area (Å²) in [5, 5.41) is 0. The highest BCUT2D eigenvalue weighted by Gasteiger charge is 2.27. The first-order valence-electron chi connectivity index (χ1n) is 9.14. The number of nitrogens with two attached hydrogens (primary N) is 1. The molecular formula is C20H32N2.